The van der Waals surface area contributed by atoms with Crippen LogP contribution in [-0.2, 0) is 0 Å². The van der Waals surface area contributed by atoms with Crippen molar-refractivity contribution in [1.29, 1.82) is 0 Å². The summed E-state index contributed by atoms with van der Waals surface area (Å²) in [6, 6.07) is 8.71. The minimum absolute atomic E-state index is 0.526. The number of nitrogens with zero attached hydrogens (tertiary/aromatic N) is 1. The van der Waals surface area contributed by atoms with Gasteiger partial charge in [-0.1, -0.05) is 6.92 Å². The molecule has 90 valence electrons. The van der Waals surface area contributed by atoms with Crippen LogP contribution in [0.5, 0.6) is 5.75 Å². The fourth-order valence-corrected chi connectivity index (χ4v) is 1.82. The number of ether oxygens (including phenoxy) is 1. The fraction of sp³-hybridized carbons (Fsp3) is 0.538. The normalized spacial score (nSPS) is 12.2. The summed E-state index contributed by atoms with van der Waals surface area (Å²) >= 11 is 0. The number of hydrogen-bond acceptors (Lipinski definition) is 3. The van der Waals surface area contributed by atoms with Crippen LogP contribution >= 0.6 is 0 Å². The maximum Gasteiger partial charge on any atom is 0.119 e. The third-order valence-electron chi connectivity index (χ3n) is 2.94. The van der Waals surface area contributed by atoms with Crippen LogP contribution in [0.25, 0.3) is 0 Å². The summed E-state index contributed by atoms with van der Waals surface area (Å²) in [6.07, 6.45) is 1.13. The van der Waals surface area contributed by atoms with Gasteiger partial charge in [-0.25, -0.2) is 0 Å². The van der Waals surface area contributed by atoms with E-state index in [-0.39, 0.29) is 0 Å². The van der Waals surface area contributed by atoms with Crippen molar-refractivity contribution in [3.05, 3.63) is 24.3 Å². The topological polar surface area (TPSA) is 24.5 Å². The highest BCUT2D eigenvalue weighted by Gasteiger charge is 2.11. The smallest absolute Gasteiger partial charge is 0.119 e. The van der Waals surface area contributed by atoms with Crippen LogP contribution in [0.2, 0.25) is 0 Å². The number of rotatable bonds is 6. The molecule has 1 aromatic rings. The Morgan fingerprint density at radius 1 is 1.31 bits per heavy atom. The van der Waals surface area contributed by atoms with Crippen LogP contribution in [0, 0.1) is 0 Å². The molecule has 0 radical (unpaired) electrons. The number of methoxy groups -OCH3 is 1. The van der Waals surface area contributed by atoms with Crippen LogP contribution in [0.1, 0.15) is 13.3 Å². The molecule has 0 aliphatic heterocycles. The molecule has 0 fully saturated rings. The molecule has 0 bridgehead atoms. The average molecular weight is 222 g/mol. The first kappa shape index (κ1) is 12.8. The molecule has 3 heteroatoms. The number of likely N-dealkylation sites (N-methyl/N-ethyl adjacent to an activating group) is 2. The second-order valence-corrected chi connectivity index (χ2v) is 3.93. The molecule has 0 saturated carbocycles. The van der Waals surface area contributed by atoms with Crippen molar-refractivity contribution in [3.63, 3.8) is 0 Å². The molecule has 0 aliphatic carbocycles. The number of nitrogens with one attached hydrogen (secondary N) is 1. The Hall–Kier alpha value is -1.22. The van der Waals surface area contributed by atoms with E-state index >= 15 is 0 Å². The summed E-state index contributed by atoms with van der Waals surface area (Å²) in [7, 11) is 5.81. The Labute approximate surface area is 98.4 Å². The van der Waals surface area contributed by atoms with Gasteiger partial charge in [0.2, 0.25) is 0 Å². The molecular formula is C13H22N2O. The summed E-state index contributed by atoms with van der Waals surface area (Å²) in [5.41, 5.74) is 1.22. The summed E-state index contributed by atoms with van der Waals surface area (Å²) in [5.74, 6) is 0.902. The van der Waals surface area contributed by atoms with Crippen LogP contribution in [0.4, 0.5) is 5.69 Å². The quantitative estimate of drug-likeness (QED) is 0.798. The van der Waals surface area contributed by atoms with E-state index in [9.17, 15) is 0 Å². The largest absolute Gasteiger partial charge is 0.497 e. The van der Waals surface area contributed by atoms with Gasteiger partial charge in [0.1, 0.15) is 5.75 Å². The maximum absolute atomic E-state index is 5.15. The van der Waals surface area contributed by atoms with Gasteiger partial charge in [0.25, 0.3) is 0 Å². The van der Waals surface area contributed by atoms with Crippen LogP contribution in [0.15, 0.2) is 24.3 Å². The lowest BCUT2D eigenvalue weighted by molar-refractivity contribution is 0.414. The first-order valence-electron chi connectivity index (χ1n) is 5.74. The Kier molecular flexibility index (Phi) is 5.12. The van der Waals surface area contributed by atoms with Gasteiger partial charge in [-0.15, -0.1) is 0 Å². The van der Waals surface area contributed by atoms with Gasteiger partial charge in [-0.2, -0.15) is 0 Å². The lowest BCUT2D eigenvalue weighted by atomic mass is 10.1. The zero-order valence-corrected chi connectivity index (χ0v) is 10.7. The molecule has 1 rings (SSSR count). The number of hydrogen-bond donors (Lipinski definition) is 1. The molecule has 0 amide bonds. The molecule has 0 spiro atoms. The Morgan fingerprint density at radius 3 is 2.38 bits per heavy atom. The molecule has 0 saturated heterocycles. The van der Waals surface area contributed by atoms with Gasteiger partial charge in [0.15, 0.2) is 0 Å². The van der Waals surface area contributed by atoms with E-state index in [0.29, 0.717) is 6.04 Å². The predicted molar refractivity (Wildman–Crippen MR) is 69.4 cm³/mol. The highest BCUT2D eigenvalue weighted by Crippen LogP contribution is 2.20. The van der Waals surface area contributed by atoms with Crippen molar-refractivity contribution < 1.29 is 4.74 Å². The Morgan fingerprint density at radius 2 is 1.94 bits per heavy atom. The van der Waals surface area contributed by atoms with Crippen molar-refractivity contribution in [1.82, 2.24) is 5.32 Å². The second-order valence-electron chi connectivity index (χ2n) is 3.93. The first-order valence-corrected chi connectivity index (χ1v) is 5.74. The van der Waals surface area contributed by atoms with E-state index in [1.807, 2.05) is 19.2 Å². The van der Waals surface area contributed by atoms with Crippen LogP contribution in [0.3, 0.4) is 0 Å². The SMILES string of the molecule is CCC(CNC)N(C)c1ccc(OC)cc1. The van der Waals surface area contributed by atoms with Gasteiger partial charge >= 0.3 is 0 Å². The summed E-state index contributed by atoms with van der Waals surface area (Å²) < 4.78 is 5.15. The number of benzene rings is 1. The molecular weight excluding hydrogens is 200 g/mol. The maximum atomic E-state index is 5.15. The molecule has 3 nitrogen and oxygen atoms in total. The van der Waals surface area contributed by atoms with Crippen molar-refractivity contribution in [3.8, 4) is 5.75 Å². The Bertz CT molecular complexity index is 297. The van der Waals surface area contributed by atoms with Gasteiger partial charge in [-0.3, -0.25) is 0 Å². The number of anilines is 1. The molecule has 16 heavy (non-hydrogen) atoms. The molecule has 1 unspecified atom stereocenters. The van der Waals surface area contributed by atoms with Gasteiger partial charge < -0.3 is 15.0 Å². The molecule has 0 aliphatic rings. The van der Waals surface area contributed by atoms with Gasteiger partial charge in [0.05, 0.1) is 7.11 Å². The molecule has 0 aromatic heterocycles. The zero-order valence-electron chi connectivity index (χ0n) is 10.7. The van der Waals surface area contributed by atoms with E-state index in [2.05, 4.69) is 36.3 Å². The highest BCUT2D eigenvalue weighted by atomic mass is 16.5. The second kappa shape index (κ2) is 6.38. The molecule has 1 atom stereocenters. The zero-order chi connectivity index (χ0) is 12.0. The van der Waals surface area contributed by atoms with Crippen LogP contribution in [-0.4, -0.2) is 33.8 Å². The van der Waals surface area contributed by atoms with Crippen molar-refractivity contribution in [2.45, 2.75) is 19.4 Å². The first-order chi connectivity index (χ1) is 7.72. The third kappa shape index (κ3) is 3.14. The van der Waals surface area contributed by atoms with Crippen molar-refractivity contribution >= 4 is 5.69 Å². The average Bonchev–Trinajstić information content (AvgIpc) is 2.35. The minimum Gasteiger partial charge on any atom is -0.497 e. The van der Waals surface area contributed by atoms with E-state index in [1.54, 1.807) is 7.11 Å². The van der Waals surface area contributed by atoms with Crippen molar-refractivity contribution in [2.75, 3.05) is 32.6 Å². The van der Waals surface area contributed by atoms with Gasteiger partial charge in [-0.05, 0) is 37.7 Å². The molecule has 1 aromatic carbocycles. The van der Waals surface area contributed by atoms with Crippen molar-refractivity contribution in [2.24, 2.45) is 0 Å². The Balaban J connectivity index is 2.73. The summed E-state index contributed by atoms with van der Waals surface area (Å²) in [4.78, 5) is 2.30. The highest BCUT2D eigenvalue weighted by molar-refractivity contribution is 5.49. The molecule has 0 heterocycles. The van der Waals surface area contributed by atoms with Crippen LogP contribution < -0.4 is 15.0 Å². The van der Waals surface area contributed by atoms with E-state index in [1.165, 1.54) is 5.69 Å². The monoisotopic (exact) mass is 222 g/mol. The fourth-order valence-electron chi connectivity index (χ4n) is 1.82. The molecule has 1 N–H and O–H groups in total. The predicted octanol–water partition coefficient (Wildman–Crippen LogP) is 2.13. The lowest BCUT2D eigenvalue weighted by Crippen LogP contribution is -2.38. The van der Waals surface area contributed by atoms with E-state index in [4.69, 9.17) is 4.74 Å². The van der Waals surface area contributed by atoms with E-state index in [0.717, 1.165) is 18.7 Å². The standard InChI is InChI=1S/C13H22N2O/c1-5-11(10-14-2)15(3)12-6-8-13(16-4)9-7-12/h6-9,11,14H,5,10H2,1-4H3. The minimum atomic E-state index is 0.526. The lowest BCUT2D eigenvalue weighted by Gasteiger charge is -2.29. The summed E-state index contributed by atoms with van der Waals surface area (Å²) in [6.45, 7) is 3.21. The van der Waals surface area contributed by atoms with Gasteiger partial charge in [0, 0.05) is 25.3 Å². The summed E-state index contributed by atoms with van der Waals surface area (Å²) in [5, 5.41) is 3.23. The van der Waals surface area contributed by atoms with E-state index < -0.39 is 0 Å². The third-order valence-corrected chi connectivity index (χ3v) is 2.94.